The highest BCUT2D eigenvalue weighted by Gasteiger charge is 2.61. The highest BCUT2D eigenvalue weighted by atomic mass is 32.2. The quantitative estimate of drug-likeness (QED) is 0.794. The first-order chi connectivity index (χ1) is 14.3. The van der Waals surface area contributed by atoms with Crippen LogP contribution < -0.4 is 10.2 Å². The Morgan fingerprint density at radius 2 is 1.90 bits per heavy atom. The molecule has 0 saturated carbocycles. The Hall–Kier alpha value is -2.39. The molecule has 30 heavy (non-hydrogen) atoms. The zero-order chi connectivity index (χ0) is 21.5. The molecule has 1 aromatic carbocycles. The second-order valence-electron chi connectivity index (χ2n) is 8.04. The van der Waals surface area contributed by atoms with Crippen molar-refractivity contribution < 1.29 is 14.4 Å². The van der Waals surface area contributed by atoms with Crippen LogP contribution in [0.15, 0.2) is 23.3 Å². The summed E-state index contributed by atoms with van der Waals surface area (Å²) in [6, 6.07) is 5.87. The van der Waals surface area contributed by atoms with Gasteiger partial charge >= 0.3 is 0 Å². The number of rotatable bonds is 3. The number of anilines is 1. The fourth-order valence-corrected chi connectivity index (χ4v) is 5.70. The maximum Gasteiger partial charge on any atom is 0.270 e. The molecule has 0 bridgehead atoms. The van der Waals surface area contributed by atoms with Crippen molar-refractivity contribution in [2.24, 2.45) is 5.10 Å². The molecular weight excluding hydrogens is 402 g/mol. The first kappa shape index (κ1) is 20.9. The molecule has 0 aliphatic carbocycles. The molecule has 1 atom stereocenters. The van der Waals surface area contributed by atoms with Crippen LogP contribution in [0, 0.1) is 6.92 Å². The normalized spacial score (nSPS) is 23.7. The summed E-state index contributed by atoms with van der Waals surface area (Å²) in [6.07, 6.45) is 3.64. The van der Waals surface area contributed by atoms with E-state index in [9.17, 15) is 14.4 Å². The lowest BCUT2D eigenvalue weighted by Gasteiger charge is -2.31. The average Bonchev–Trinajstić information content (AvgIpc) is 3.18. The fraction of sp³-hybridized carbons (Fsp3) is 0.524. The van der Waals surface area contributed by atoms with E-state index in [1.807, 2.05) is 25.1 Å². The van der Waals surface area contributed by atoms with Crippen molar-refractivity contribution in [1.82, 2.24) is 15.2 Å². The highest BCUT2D eigenvalue weighted by molar-refractivity contribution is 8.15. The highest BCUT2D eigenvalue weighted by Crippen LogP contribution is 2.54. The number of benzene rings is 1. The molecule has 160 valence electrons. The molecule has 4 rings (SSSR count). The van der Waals surface area contributed by atoms with E-state index in [1.165, 1.54) is 38.1 Å². The largest absolute Gasteiger partial charge is 0.308 e. The second kappa shape index (κ2) is 8.03. The Morgan fingerprint density at radius 3 is 2.57 bits per heavy atom. The second-order valence-corrected chi connectivity index (χ2v) is 9.22. The number of hydrogen-bond acceptors (Lipinski definition) is 6. The Labute approximate surface area is 180 Å². The van der Waals surface area contributed by atoms with E-state index in [2.05, 4.69) is 15.3 Å². The number of nitrogens with zero attached hydrogens (tertiary/aromatic N) is 4. The third-order valence-electron chi connectivity index (χ3n) is 5.75. The van der Waals surface area contributed by atoms with Gasteiger partial charge in [-0.25, -0.2) is 0 Å². The molecule has 8 nitrogen and oxygen atoms in total. The number of nitrogens with one attached hydrogen (secondary N) is 1. The van der Waals surface area contributed by atoms with Gasteiger partial charge < -0.3 is 15.1 Å². The lowest BCUT2D eigenvalue weighted by Crippen LogP contribution is -2.50. The Balaban J connectivity index is 1.70. The van der Waals surface area contributed by atoms with Gasteiger partial charge in [0.2, 0.25) is 16.7 Å². The molecule has 9 heteroatoms. The minimum Gasteiger partial charge on any atom is -0.308 e. The minimum absolute atomic E-state index is 0.190. The van der Waals surface area contributed by atoms with E-state index >= 15 is 0 Å². The van der Waals surface area contributed by atoms with Gasteiger partial charge in [0, 0.05) is 32.5 Å². The SMILES string of the molecule is CC(=O)NC1=NN(C(C)=O)C2(S1)C(=O)N(CCN1CCCCC1)c1ccc(C)cc12. The van der Waals surface area contributed by atoms with Crippen LogP contribution in [0.2, 0.25) is 0 Å². The number of likely N-dealkylation sites (tertiary alicyclic amines) is 1. The van der Waals surface area contributed by atoms with Gasteiger partial charge in [-0.3, -0.25) is 14.4 Å². The maximum atomic E-state index is 13.8. The Kier molecular flexibility index (Phi) is 5.59. The predicted octanol–water partition coefficient (Wildman–Crippen LogP) is 1.98. The summed E-state index contributed by atoms with van der Waals surface area (Å²) in [5.74, 6) is -0.829. The molecule has 3 heterocycles. The average molecular weight is 430 g/mol. The van der Waals surface area contributed by atoms with Gasteiger partial charge in [0.15, 0.2) is 5.17 Å². The number of fused-ring (bicyclic) bond motifs is 2. The molecule has 1 unspecified atom stereocenters. The van der Waals surface area contributed by atoms with Crippen LogP contribution in [0.3, 0.4) is 0 Å². The molecule has 1 saturated heterocycles. The van der Waals surface area contributed by atoms with E-state index in [4.69, 9.17) is 0 Å². The third-order valence-corrected chi connectivity index (χ3v) is 6.99. The van der Waals surface area contributed by atoms with Crippen LogP contribution in [0.4, 0.5) is 5.69 Å². The van der Waals surface area contributed by atoms with Gasteiger partial charge in [-0.15, -0.1) is 5.10 Å². The Morgan fingerprint density at radius 1 is 1.17 bits per heavy atom. The van der Waals surface area contributed by atoms with E-state index in [1.54, 1.807) is 4.90 Å². The number of amidine groups is 1. The number of aryl methyl sites for hydroxylation is 1. The van der Waals surface area contributed by atoms with Gasteiger partial charge in [-0.2, -0.15) is 5.01 Å². The van der Waals surface area contributed by atoms with Crippen molar-refractivity contribution in [3.8, 4) is 0 Å². The van der Waals surface area contributed by atoms with Gasteiger partial charge in [0.25, 0.3) is 5.91 Å². The zero-order valence-electron chi connectivity index (χ0n) is 17.6. The van der Waals surface area contributed by atoms with Crippen molar-refractivity contribution in [2.45, 2.75) is 44.9 Å². The van der Waals surface area contributed by atoms with Crippen LogP contribution in [-0.2, 0) is 19.3 Å². The van der Waals surface area contributed by atoms with Crippen LogP contribution >= 0.6 is 11.8 Å². The Bertz CT molecular complexity index is 927. The molecule has 3 aliphatic rings. The molecule has 1 spiro atoms. The number of hydrazone groups is 1. The molecule has 1 aromatic rings. The first-order valence-corrected chi connectivity index (χ1v) is 11.2. The van der Waals surface area contributed by atoms with Crippen LogP contribution in [0.5, 0.6) is 0 Å². The van der Waals surface area contributed by atoms with Crippen LogP contribution in [0.1, 0.15) is 44.2 Å². The molecule has 3 aliphatic heterocycles. The van der Waals surface area contributed by atoms with E-state index in [0.29, 0.717) is 6.54 Å². The smallest absolute Gasteiger partial charge is 0.270 e. The van der Waals surface area contributed by atoms with E-state index in [-0.39, 0.29) is 22.9 Å². The fourth-order valence-electron chi connectivity index (χ4n) is 4.37. The molecular formula is C21H27N5O3S. The standard InChI is InChI=1S/C21H27N5O3S/c1-14-7-8-18-17(13-14)21(26(16(3)28)23-20(30-21)22-15(2)27)19(29)25(18)12-11-24-9-5-4-6-10-24/h7-8,13H,4-6,9-12H2,1-3H3,(H,22,23,27). The number of carbonyl (C=O) groups is 3. The van der Waals surface area contributed by atoms with Crippen molar-refractivity contribution in [1.29, 1.82) is 0 Å². The third kappa shape index (κ3) is 3.50. The zero-order valence-corrected chi connectivity index (χ0v) is 18.4. The van der Waals surface area contributed by atoms with Gasteiger partial charge in [-0.05, 0) is 50.7 Å². The van der Waals surface area contributed by atoms with Gasteiger partial charge in [0.05, 0.1) is 5.69 Å². The van der Waals surface area contributed by atoms with Crippen molar-refractivity contribution in [2.75, 3.05) is 31.1 Å². The summed E-state index contributed by atoms with van der Waals surface area (Å²) < 4.78 is 0. The number of amides is 3. The summed E-state index contributed by atoms with van der Waals surface area (Å²) in [7, 11) is 0. The number of piperidine rings is 1. The predicted molar refractivity (Wildman–Crippen MR) is 117 cm³/mol. The number of thioether (sulfide) groups is 1. The van der Waals surface area contributed by atoms with Crippen LogP contribution in [0.25, 0.3) is 0 Å². The van der Waals surface area contributed by atoms with Crippen molar-refractivity contribution in [3.05, 3.63) is 29.3 Å². The summed E-state index contributed by atoms with van der Waals surface area (Å²) in [6.45, 7) is 8.18. The number of carbonyl (C=O) groups excluding carboxylic acids is 3. The molecule has 3 amide bonds. The molecule has 1 fully saturated rings. The minimum atomic E-state index is -1.31. The van der Waals surface area contributed by atoms with E-state index < -0.39 is 4.87 Å². The number of hydrogen-bond donors (Lipinski definition) is 1. The lowest BCUT2D eigenvalue weighted by atomic mass is 10.0. The van der Waals surface area contributed by atoms with Crippen molar-refractivity contribution in [3.63, 3.8) is 0 Å². The summed E-state index contributed by atoms with van der Waals surface area (Å²) in [4.78, 5) is 40.8. The van der Waals surface area contributed by atoms with Gasteiger partial charge in [-0.1, -0.05) is 24.1 Å². The molecule has 0 aromatic heterocycles. The topological polar surface area (TPSA) is 85.3 Å². The summed E-state index contributed by atoms with van der Waals surface area (Å²) in [5.41, 5.74) is 2.55. The monoisotopic (exact) mass is 429 g/mol. The van der Waals surface area contributed by atoms with Gasteiger partial charge in [0.1, 0.15) is 0 Å². The van der Waals surface area contributed by atoms with Crippen molar-refractivity contribution >= 4 is 40.3 Å². The lowest BCUT2D eigenvalue weighted by molar-refractivity contribution is -0.139. The van der Waals surface area contributed by atoms with E-state index in [0.717, 1.165) is 48.2 Å². The molecule has 0 radical (unpaired) electrons. The summed E-state index contributed by atoms with van der Waals surface area (Å²) in [5, 5.41) is 8.43. The summed E-state index contributed by atoms with van der Waals surface area (Å²) >= 11 is 1.13. The maximum absolute atomic E-state index is 13.8. The first-order valence-electron chi connectivity index (χ1n) is 10.3. The molecule has 1 N–H and O–H groups in total. The van der Waals surface area contributed by atoms with Crippen LogP contribution in [-0.4, -0.2) is 59.0 Å².